The van der Waals surface area contributed by atoms with Crippen LogP contribution in [0.2, 0.25) is 0 Å². The van der Waals surface area contributed by atoms with Gasteiger partial charge in [-0.3, -0.25) is 9.69 Å². The summed E-state index contributed by atoms with van der Waals surface area (Å²) < 4.78 is 5.64. The Morgan fingerprint density at radius 3 is 2.52 bits per heavy atom. The van der Waals surface area contributed by atoms with Crippen LogP contribution >= 0.6 is 22.6 Å². The second-order valence-electron chi connectivity index (χ2n) is 6.17. The molecule has 0 spiro atoms. The van der Waals surface area contributed by atoms with Crippen LogP contribution < -0.4 is 4.74 Å². The van der Waals surface area contributed by atoms with Crippen molar-refractivity contribution in [3.63, 3.8) is 0 Å². The Hall–Kier alpha value is -1.40. The molecule has 0 aliphatic heterocycles. The zero-order valence-electron chi connectivity index (χ0n) is 15.4. The van der Waals surface area contributed by atoms with E-state index in [1.54, 1.807) is 0 Å². The SMILES string of the molecule is C=CCN(C)CC=CCOc1ccc(C(=O)C(I)CC=C(C)C)cc1. The van der Waals surface area contributed by atoms with E-state index in [4.69, 9.17) is 4.74 Å². The molecule has 1 aromatic rings. The van der Waals surface area contributed by atoms with Gasteiger partial charge in [-0.1, -0.05) is 52.5 Å². The van der Waals surface area contributed by atoms with Gasteiger partial charge in [-0.15, -0.1) is 6.58 Å². The highest BCUT2D eigenvalue weighted by Crippen LogP contribution is 2.18. The summed E-state index contributed by atoms with van der Waals surface area (Å²) in [5.74, 6) is 0.935. The zero-order valence-corrected chi connectivity index (χ0v) is 17.5. The largest absolute Gasteiger partial charge is 0.490 e. The first-order valence-electron chi connectivity index (χ1n) is 8.43. The maximum atomic E-state index is 12.4. The summed E-state index contributed by atoms with van der Waals surface area (Å²) in [6.07, 6.45) is 8.83. The molecule has 0 aromatic heterocycles. The number of alkyl halides is 1. The van der Waals surface area contributed by atoms with E-state index >= 15 is 0 Å². The van der Waals surface area contributed by atoms with Gasteiger partial charge in [-0.25, -0.2) is 0 Å². The third kappa shape index (κ3) is 9.02. The van der Waals surface area contributed by atoms with Crippen LogP contribution in [-0.2, 0) is 0 Å². The normalized spacial score (nSPS) is 12.2. The smallest absolute Gasteiger partial charge is 0.175 e. The lowest BCUT2D eigenvalue weighted by Crippen LogP contribution is -2.17. The molecule has 1 aromatic carbocycles. The number of hydrogen-bond acceptors (Lipinski definition) is 3. The Morgan fingerprint density at radius 1 is 1.24 bits per heavy atom. The number of halogens is 1. The minimum Gasteiger partial charge on any atom is -0.490 e. The Bertz CT molecular complexity index is 601. The van der Waals surface area contributed by atoms with E-state index in [1.165, 1.54) is 5.57 Å². The van der Waals surface area contributed by atoms with Gasteiger partial charge in [0, 0.05) is 18.7 Å². The third-order valence-corrected chi connectivity index (χ3v) is 4.60. The molecule has 0 bridgehead atoms. The second kappa shape index (κ2) is 12.0. The van der Waals surface area contributed by atoms with Crippen molar-refractivity contribution in [1.82, 2.24) is 4.90 Å². The van der Waals surface area contributed by atoms with Gasteiger partial charge in [0.25, 0.3) is 0 Å². The molecule has 0 radical (unpaired) electrons. The van der Waals surface area contributed by atoms with Gasteiger partial charge in [-0.05, 0) is 51.6 Å². The standard InChI is InChI=1S/C21H28INO2/c1-5-14-23(4)15-6-7-16-25-19-11-9-18(10-12-19)21(24)20(22)13-8-17(2)3/h5-12,20H,1,13-16H2,2-4H3. The van der Waals surface area contributed by atoms with Crippen molar-refractivity contribution in [1.29, 1.82) is 0 Å². The molecule has 1 atom stereocenters. The van der Waals surface area contributed by atoms with E-state index in [1.807, 2.05) is 57.3 Å². The quantitative estimate of drug-likeness (QED) is 0.203. The van der Waals surface area contributed by atoms with E-state index in [9.17, 15) is 4.79 Å². The molecule has 25 heavy (non-hydrogen) atoms. The number of hydrogen-bond donors (Lipinski definition) is 0. The van der Waals surface area contributed by atoms with Crippen LogP contribution in [0, 0.1) is 0 Å². The molecule has 0 N–H and O–H groups in total. The number of ketones is 1. The van der Waals surface area contributed by atoms with Crippen molar-refractivity contribution >= 4 is 28.4 Å². The van der Waals surface area contributed by atoms with Crippen molar-refractivity contribution < 1.29 is 9.53 Å². The van der Waals surface area contributed by atoms with Crippen LogP contribution in [0.5, 0.6) is 5.75 Å². The Balaban J connectivity index is 2.45. The molecule has 3 nitrogen and oxygen atoms in total. The van der Waals surface area contributed by atoms with Gasteiger partial charge in [0.05, 0.1) is 3.92 Å². The maximum Gasteiger partial charge on any atom is 0.175 e. The van der Waals surface area contributed by atoms with Crippen LogP contribution in [0.15, 0.2) is 60.7 Å². The first kappa shape index (κ1) is 21.6. The number of likely N-dealkylation sites (N-methyl/N-ethyl adjacent to an activating group) is 1. The average Bonchev–Trinajstić information content (AvgIpc) is 2.59. The summed E-state index contributed by atoms with van der Waals surface area (Å²) in [4.78, 5) is 14.5. The minimum atomic E-state index is -0.0326. The topological polar surface area (TPSA) is 29.5 Å². The Labute approximate surface area is 165 Å². The van der Waals surface area contributed by atoms with E-state index < -0.39 is 0 Å². The summed E-state index contributed by atoms with van der Waals surface area (Å²) in [6.45, 7) is 10.1. The van der Waals surface area contributed by atoms with Crippen LogP contribution in [0.4, 0.5) is 0 Å². The fourth-order valence-corrected chi connectivity index (χ4v) is 2.72. The molecular formula is C21H28INO2. The molecule has 0 saturated carbocycles. The average molecular weight is 453 g/mol. The highest BCUT2D eigenvalue weighted by molar-refractivity contribution is 14.1. The number of nitrogens with zero attached hydrogens (tertiary/aromatic N) is 1. The van der Waals surface area contributed by atoms with E-state index in [0.717, 1.165) is 30.8 Å². The van der Waals surface area contributed by atoms with Crippen LogP contribution in [0.25, 0.3) is 0 Å². The van der Waals surface area contributed by atoms with Crippen LogP contribution in [0.3, 0.4) is 0 Å². The zero-order chi connectivity index (χ0) is 18.7. The van der Waals surface area contributed by atoms with E-state index in [2.05, 4.69) is 46.2 Å². The number of carbonyl (C=O) groups is 1. The molecule has 0 fully saturated rings. The van der Waals surface area contributed by atoms with Crippen molar-refractivity contribution in [3.05, 3.63) is 66.3 Å². The number of benzene rings is 1. The fourth-order valence-electron chi connectivity index (χ4n) is 2.10. The molecule has 1 unspecified atom stereocenters. The van der Waals surface area contributed by atoms with E-state index in [-0.39, 0.29) is 9.71 Å². The Morgan fingerprint density at radius 2 is 1.92 bits per heavy atom. The summed E-state index contributed by atoms with van der Waals surface area (Å²) in [7, 11) is 2.04. The lowest BCUT2D eigenvalue weighted by Gasteiger charge is -2.10. The van der Waals surface area contributed by atoms with Crippen molar-refractivity contribution in [2.45, 2.75) is 24.2 Å². The highest BCUT2D eigenvalue weighted by Gasteiger charge is 2.15. The third-order valence-electron chi connectivity index (χ3n) is 3.53. The van der Waals surface area contributed by atoms with Gasteiger partial charge >= 0.3 is 0 Å². The van der Waals surface area contributed by atoms with Crippen molar-refractivity contribution in [3.8, 4) is 5.75 Å². The molecular weight excluding hydrogens is 425 g/mol. The van der Waals surface area contributed by atoms with Gasteiger partial charge in [0.15, 0.2) is 5.78 Å². The first-order valence-corrected chi connectivity index (χ1v) is 9.67. The monoisotopic (exact) mass is 453 g/mol. The molecule has 136 valence electrons. The number of Topliss-reactive ketones (excluding diaryl/α,β-unsaturated/α-hetero) is 1. The molecule has 0 aliphatic rings. The van der Waals surface area contributed by atoms with Gasteiger partial charge < -0.3 is 4.74 Å². The molecule has 4 heteroatoms. The maximum absolute atomic E-state index is 12.4. The van der Waals surface area contributed by atoms with Crippen molar-refractivity contribution in [2.75, 3.05) is 26.7 Å². The highest BCUT2D eigenvalue weighted by atomic mass is 127. The second-order valence-corrected chi connectivity index (χ2v) is 7.67. The molecule has 0 aliphatic carbocycles. The van der Waals surface area contributed by atoms with Crippen LogP contribution in [0.1, 0.15) is 30.6 Å². The predicted octanol–water partition coefficient (Wildman–Crippen LogP) is 5.08. The minimum absolute atomic E-state index is 0.0326. The van der Waals surface area contributed by atoms with Gasteiger partial charge in [-0.2, -0.15) is 0 Å². The number of rotatable bonds is 11. The predicted molar refractivity (Wildman–Crippen MR) is 115 cm³/mol. The summed E-state index contributed by atoms with van der Waals surface area (Å²) >= 11 is 2.21. The number of allylic oxidation sites excluding steroid dienone is 2. The summed E-state index contributed by atoms with van der Waals surface area (Å²) in [5.41, 5.74) is 1.97. The van der Waals surface area contributed by atoms with E-state index in [0.29, 0.717) is 6.61 Å². The molecule has 0 saturated heterocycles. The molecule has 0 amide bonds. The van der Waals surface area contributed by atoms with Gasteiger partial charge in [0.2, 0.25) is 0 Å². The summed E-state index contributed by atoms with van der Waals surface area (Å²) in [5, 5.41) is 0. The van der Waals surface area contributed by atoms with Gasteiger partial charge in [0.1, 0.15) is 12.4 Å². The molecule has 1 rings (SSSR count). The lowest BCUT2D eigenvalue weighted by molar-refractivity contribution is 0.0994. The molecule has 0 heterocycles. The van der Waals surface area contributed by atoms with Crippen molar-refractivity contribution in [2.24, 2.45) is 0 Å². The number of ether oxygens (including phenoxy) is 1. The Kier molecular flexibility index (Phi) is 10.4. The van der Waals surface area contributed by atoms with Crippen LogP contribution in [-0.4, -0.2) is 41.4 Å². The number of carbonyl (C=O) groups excluding carboxylic acids is 1. The fraction of sp³-hybridized carbons (Fsp3) is 0.381. The summed E-state index contributed by atoms with van der Waals surface area (Å²) in [6, 6.07) is 7.39. The first-order chi connectivity index (χ1) is 11.9. The lowest BCUT2D eigenvalue weighted by atomic mass is 10.1.